The lowest BCUT2D eigenvalue weighted by Crippen LogP contribution is -2.45. The molecule has 3 fully saturated rings. The molecule has 3 atom stereocenters. The Bertz CT molecular complexity index is 1210. The molecule has 1 aromatic carbocycles. The number of carbonyl (C=O) groups is 3. The largest absolute Gasteiger partial charge is 0.342 e. The van der Waals surface area contributed by atoms with Gasteiger partial charge in [0.15, 0.2) is 0 Å². The Morgan fingerprint density at radius 2 is 1.78 bits per heavy atom. The molecule has 9 heteroatoms. The molecule has 2 aromatic rings. The Morgan fingerprint density at radius 1 is 1.11 bits per heavy atom. The van der Waals surface area contributed by atoms with Crippen LogP contribution in [0, 0.1) is 33.3 Å². The van der Waals surface area contributed by atoms with Crippen LogP contribution in [0.3, 0.4) is 0 Å². The zero-order valence-electron chi connectivity index (χ0n) is 21.0. The second-order valence-electron chi connectivity index (χ2n) is 11.1. The van der Waals surface area contributed by atoms with Crippen LogP contribution in [0.2, 0.25) is 0 Å². The molecule has 5 rings (SSSR count). The number of likely N-dealkylation sites (tertiary alicyclic amines) is 2. The highest BCUT2D eigenvalue weighted by atomic mass is 16.6. The number of hydrogen-bond acceptors (Lipinski definition) is 5. The van der Waals surface area contributed by atoms with E-state index in [1.165, 1.54) is 0 Å². The topological polar surface area (TPSA) is 106 Å². The van der Waals surface area contributed by atoms with Crippen LogP contribution in [0.4, 0.5) is 0 Å². The number of benzene rings is 1. The summed E-state index contributed by atoms with van der Waals surface area (Å²) < 4.78 is 1.95. The van der Waals surface area contributed by atoms with Gasteiger partial charge in [-0.1, -0.05) is 25.1 Å². The molecular weight excluding hydrogens is 460 g/mol. The summed E-state index contributed by atoms with van der Waals surface area (Å²) in [6.07, 6.45) is 2.97. The first-order valence-electron chi connectivity index (χ1n) is 12.9. The minimum atomic E-state index is -0.547. The summed E-state index contributed by atoms with van der Waals surface area (Å²) in [5, 5.41) is 12.1. The van der Waals surface area contributed by atoms with Crippen LogP contribution >= 0.6 is 0 Å². The molecule has 0 N–H and O–H groups in total. The Hall–Kier alpha value is -3.23. The molecular formula is C27H34N4O5. The molecule has 3 aliphatic rings. The number of carbonyl (C=O) groups excluding carboxylic acids is 3. The van der Waals surface area contributed by atoms with Crippen molar-refractivity contribution in [2.75, 3.05) is 32.7 Å². The standard InChI is InChI=1S/C27H34N4O5/c1-18-13-24(32)20(21(18)16-31(35)36)15-25(33)30-12-9-27(17-30)7-10-29(11-8-27)26(34)23-14-19-5-3-4-6-22(19)28(23)2/h3-6,14,18,20-21H,7-13,15-17H2,1-2H3/t18-,20-,21+/m1/s1. The summed E-state index contributed by atoms with van der Waals surface area (Å²) in [5.41, 5.74) is 1.73. The van der Waals surface area contributed by atoms with Gasteiger partial charge in [0.1, 0.15) is 11.5 Å². The Kier molecular flexibility index (Phi) is 6.34. The fourth-order valence-electron chi connectivity index (χ4n) is 6.71. The summed E-state index contributed by atoms with van der Waals surface area (Å²) in [6, 6.07) is 9.93. The van der Waals surface area contributed by atoms with E-state index in [4.69, 9.17) is 0 Å². The molecule has 2 aliphatic heterocycles. The van der Waals surface area contributed by atoms with Crippen LogP contribution in [-0.2, 0) is 16.6 Å². The van der Waals surface area contributed by atoms with Gasteiger partial charge in [0.25, 0.3) is 5.91 Å². The van der Waals surface area contributed by atoms with Crippen LogP contribution in [0.5, 0.6) is 0 Å². The monoisotopic (exact) mass is 494 g/mol. The maximum absolute atomic E-state index is 13.3. The van der Waals surface area contributed by atoms with Crippen LogP contribution in [0.15, 0.2) is 30.3 Å². The number of hydrogen-bond donors (Lipinski definition) is 0. The van der Waals surface area contributed by atoms with Crippen molar-refractivity contribution in [3.8, 4) is 0 Å². The molecule has 192 valence electrons. The van der Waals surface area contributed by atoms with Gasteiger partial charge in [0.2, 0.25) is 12.5 Å². The predicted octanol–water partition coefficient (Wildman–Crippen LogP) is 3.14. The number of nitro groups is 1. The first-order valence-corrected chi connectivity index (χ1v) is 12.9. The van der Waals surface area contributed by atoms with Gasteiger partial charge in [-0.2, -0.15) is 0 Å². The molecule has 0 bridgehead atoms. The molecule has 9 nitrogen and oxygen atoms in total. The maximum atomic E-state index is 13.3. The Morgan fingerprint density at radius 3 is 2.44 bits per heavy atom. The van der Waals surface area contributed by atoms with E-state index >= 15 is 0 Å². The van der Waals surface area contributed by atoms with E-state index in [0.29, 0.717) is 38.3 Å². The molecule has 0 radical (unpaired) electrons. The van der Waals surface area contributed by atoms with Gasteiger partial charge in [0.05, 0.1) is 0 Å². The summed E-state index contributed by atoms with van der Waals surface area (Å²) in [4.78, 5) is 53.4. The fraction of sp³-hybridized carbons (Fsp3) is 0.593. The number of Topliss-reactive ketones (excluding diaryl/α,β-unsaturated/α-hetero) is 1. The smallest absolute Gasteiger partial charge is 0.270 e. The first kappa shape index (κ1) is 24.5. The second kappa shape index (κ2) is 9.33. The predicted molar refractivity (Wildman–Crippen MR) is 134 cm³/mol. The van der Waals surface area contributed by atoms with E-state index in [1.54, 1.807) is 0 Å². The third-order valence-corrected chi connectivity index (χ3v) is 9.01. The van der Waals surface area contributed by atoms with E-state index in [1.807, 2.05) is 58.7 Å². The number of ketones is 1. The SMILES string of the molecule is C[C@@H]1CC(=O)[C@H](CC(=O)N2CCC3(CCN(C(=O)c4cc5ccccc5n4C)CC3)C2)[C@H]1C[N+](=O)[O-]. The van der Waals surface area contributed by atoms with Crippen molar-refractivity contribution in [3.05, 3.63) is 46.1 Å². The molecule has 36 heavy (non-hydrogen) atoms. The van der Waals surface area contributed by atoms with E-state index < -0.39 is 5.92 Å². The average Bonchev–Trinajstić information content (AvgIpc) is 3.49. The quantitative estimate of drug-likeness (QED) is 0.469. The normalized spacial score (nSPS) is 25.7. The lowest BCUT2D eigenvalue weighted by molar-refractivity contribution is -0.490. The highest BCUT2D eigenvalue weighted by Crippen LogP contribution is 2.42. The van der Waals surface area contributed by atoms with E-state index in [-0.39, 0.29) is 52.7 Å². The van der Waals surface area contributed by atoms with Gasteiger partial charge < -0.3 is 14.4 Å². The van der Waals surface area contributed by atoms with Gasteiger partial charge in [-0.05, 0) is 42.7 Å². The average molecular weight is 495 g/mol. The van der Waals surface area contributed by atoms with Crippen molar-refractivity contribution in [2.24, 2.45) is 30.2 Å². The second-order valence-corrected chi connectivity index (χ2v) is 11.1. The lowest BCUT2D eigenvalue weighted by Gasteiger charge is -2.39. The van der Waals surface area contributed by atoms with Crippen LogP contribution in [-0.4, -0.2) is 69.6 Å². The van der Waals surface area contributed by atoms with Crippen molar-refractivity contribution >= 4 is 28.5 Å². The minimum Gasteiger partial charge on any atom is -0.342 e. The van der Waals surface area contributed by atoms with Gasteiger partial charge >= 0.3 is 0 Å². The number of fused-ring (bicyclic) bond motifs is 1. The first-order chi connectivity index (χ1) is 17.2. The number of para-hydroxylation sites is 1. The summed E-state index contributed by atoms with van der Waals surface area (Å²) >= 11 is 0. The van der Waals surface area contributed by atoms with E-state index in [9.17, 15) is 24.5 Å². The van der Waals surface area contributed by atoms with Crippen molar-refractivity contribution in [1.29, 1.82) is 0 Å². The summed E-state index contributed by atoms with van der Waals surface area (Å²) in [6.45, 7) is 4.21. The highest BCUT2D eigenvalue weighted by Gasteiger charge is 2.47. The maximum Gasteiger partial charge on any atom is 0.270 e. The van der Waals surface area contributed by atoms with Gasteiger partial charge in [0, 0.05) is 73.7 Å². The Balaban J connectivity index is 1.19. The molecule has 2 saturated heterocycles. The fourth-order valence-corrected chi connectivity index (χ4v) is 6.71. The number of aryl methyl sites for hydroxylation is 1. The Labute approximate surface area is 210 Å². The number of rotatable bonds is 5. The molecule has 1 aromatic heterocycles. The molecule has 0 unspecified atom stereocenters. The number of aromatic nitrogens is 1. The minimum absolute atomic E-state index is 0.00141. The zero-order valence-corrected chi connectivity index (χ0v) is 21.0. The van der Waals surface area contributed by atoms with Crippen LogP contribution in [0.25, 0.3) is 10.9 Å². The third kappa shape index (κ3) is 4.40. The molecule has 1 spiro atoms. The summed E-state index contributed by atoms with van der Waals surface area (Å²) in [7, 11) is 1.92. The number of piperidine rings is 1. The molecule has 1 saturated carbocycles. The highest BCUT2D eigenvalue weighted by molar-refractivity contribution is 5.98. The van der Waals surface area contributed by atoms with Crippen molar-refractivity contribution in [1.82, 2.24) is 14.4 Å². The molecule has 2 amide bonds. The van der Waals surface area contributed by atoms with Crippen LogP contribution < -0.4 is 0 Å². The van der Waals surface area contributed by atoms with Gasteiger partial charge in [-0.25, -0.2) is 0 Å². The van der Waals surface area contributed by atoms with Crippen molar-refractivity contribution < 1.29 is 19.3 Å². The van der Waals surface area contributed by atoms with E-state index in [0.717, 1.165) is 30.2 Å². The summed E-state index contributed by atoms with van der Waals surface area (Å²) in [5.74, 6) is -1.01. The molecule has 3 heterocycles. The van der Waals surface area contributed by atoms with Gasteiger partial charge in [-0.3, -0.25) is 24.5 Å². The molecule has 1 aliphatic carbocycles. The van der Waals surface area contributed by atoms with Crippen molar-refractivity contribution in [2.45, 2.75) is 39.0 Å². The number of amides is 2. The van der Waals surface area contributed by atoms with Gasteiger partial charge in [-0.15, -0.1) is 0 Å². The number of nitrogens with zero attached hydrogens (tertiary/aromatic N) is 4. The van der Waals surface area contributed by atoms with Crippen molar-refractivity contribution in [3.63, 3.8) is 0 Å². The third-order valence-electron chi connectivity index (χ3n) is 9.01. The van der Waals surface area contributed by atoms with E-state index in [2.05, 4.69) is 0 Å². The lowest BCUT2D eigenvalue weighted by atomic mass is 9.77. The zero-order chi connectivity index (χ0) is 25.6. The van der Waals surface area contributed by atoms with Crippen LogP contribution in [0.1, 0.15) is 49.5 Å².